The molecule has 0 aromatic heterocycles. The molecule has 0 saturated carbocycles. The average Bonchev–Trinajstić information content (AvgIpc) is 2.43. The Kier molecular flexibility index (Phi) is 3.80. The van der Waals surface area contributed by atoms with E-state index >= 15 is 0 Å². The van der Waals surface area contributed by atoms with Gasteiger partial charge in [-0.05, 0) is 51.6 Å². The molecule has 0 atom stereocenters. The maximum absolute atomic E-state index is 12.2. The van der Waals surface area contributed by atoms with Crippen LogP contribution in [-0.4, -0.2) is 32.1 Å². The van der Waals surface area contributed by atoms with Crippen LogP contribution in [0.15, 0.2) is 18.2 Å². The van der Waals surface area contributed by atoms with Crippen LogP contribution in [0.25, 0.3) is 0 Å². The number of hydrogen-bond donors (Lipinski definition) is 1. The predicted octanol–water partition coefficient (Wildman–Crippen LogP) is 1.97. The normalized spacial score (nSPS) is 17.7. The third-order valence-electron chi connectivity index (χ3n) is 3.39. The SMILES string of the molecule is CNCCc1ccc2c(c1)N(C)C(=O)CC(C)(C)O2. The van der Waals surface area contributed by atoms with E-state index in [9.17, 15) is 4.79 Å². The number of anilines is 1. The molecule has 1 aliphatic rings. The molecule has 104 valence electrons. The highest BCUT2D eigenvalue weighted by atomic mass is 16.5. The number of carbonyl (C=O) groups is 1. The largest absolute Gasteiger partial charge is 0.485 e. The Morgan fingerprint density at radius 1 is 1.42 bits per heavy atom. The van der Waals surface area contributed by atoms with Gasteiger partial charge in [0.05, 0.1) is 12.1 Å². The maximum atomic E-state index is 12.2. The Labute approximate surface area is 114 Å². The van der Waals surface area contributed by atoms with Crippen LogP contribution < -0.4 is 15.0 Å². The van der Waals surface area contributed by atoms with Gasteiger partial charge in [-0.15, -0.1) is 0 Å². The first-order valence-electron chi connectivity index (χ1n) is 6.66. The van der Waals surface area contributed by atoms with Crippen molar-refractivity contribution in [1.29, 1.82) is 0 Å². The summed E-state index contributed by atoms with van der Waals surface area (Å²) in [6.07, 6.45) is 1.33. The number of benzene rings is 1. The van der Waals surface area contributed by atoms with Crippen LogP contribution in [0.3, 0.4) is 0 Å². The van der Waals surface area contributed by atoms with Crippen LogP contribution in [0.5, 0.6) is 5.75 Å². The van der Waals surface area contributed by atoms with Gasteiger partial charge in [0.1, 0.15) is 11.4 Å². The number of nitrogens with zero attached hydrogens (tertiary/aromatic N) is 1. The third-order valence-corrected chi connectivity index (χ3v) is 3.39. The van der Waals surface area contributed by atoms with Crippen molar-refractivity contribution < 1.29 is 9.53 Å². The first-order chi connectivity index (χ1) is 8.93. The number of fused-ring (bicyclic) bond motifs is 1. The van der Waals surface area contributed by atoms with Crippen molar-refractivity contribution in [3.05, 3.63) is 23.8 Å². The molecule has 0 bridgehead atoms. The van der Waals surface area contributed by atoms with Crippen LogP contribution in [-0.2, 0) is 11.2 Å². The predicted molar refractivity (Wildman–Crippen MR) is 76.8 cm³/mol. The number of rotatable bonds is 3. The fourth-order valence-electron chi connectivity index (χ4n) is 2.29. The van der Waals surface area contributed by atoms with Gasteiger partial charge in [-0.1, -0.05) is 6.07 Å². The molecule has 1 amide bonds. The smallest absolute Gasteiger partial charge is 0.230 e. The second-order valence-electron chi connectivity index (χ2n) is 5.65. The van der Waals surface area contributed by atoms with Crippen molar-refractivity contribution in [3.63, 3.8) is 0 Å². The number of likely N-dealkylation sites (N-methyl/N-ethyl adjacent to an activating group) is 1. The summed E-state index contributed by atoms with van der Waals surface area (Å²) < 4.78 is 5.97. The zero-order valence-corrected chi connectivity index (χ0v) is 12.1. The topological polar surface area (TPSA) is 41.6 Å². The van der Waals surface area contributed by atoms with E-state index in [1.807, 2.05) is 40.1 Å². The number of amides is 1. The second-order valence-corrected chi connectivity index (χ2v) is 5.65. The molecule has 0 fully saturated rings. The highest BCUT2D eigenvalue weighted by Crippen LogP contribution is 2.36. The van der Waals surface area contributed by atoms with E-state index in [-0.39, 0.29) is 5.91 Å². The highest BCUT2D eigenvalue weighted by Gasteiger charge is 2.32. The molecule has 0 saturated heterocycles. The fourth-order valence-corrected chi connectivity index (χ4v) is 2.29. The Bertz CT molecular complexity index is 483. The lowest BCUT2D eigenvalue weighted by Crippen LogP contribution is -2.34. The first kappa shape index (κ1) is 13.9. The quantitative estimate of drug-likeness (QED) is 0.905. The van der Waals surface area contributed by atoms with Crippen LogP contribution in [0.1, 0.15) is 25.8 Å². The average molecular weight is 262 g/mol. The van der Waals surface area contributed by atoms with Gasteiger partial charge in [-0.25, -0.2) is 0 Å². The molecule has 0 aliphatic carbocycles. The lowest BCUT2D eigenvalue weighted by atomic mass is 10.1. The van der Waals surface area contributed by atoms with Gasteiger partial charge < -0.3 is 15.0 Å². The Morgan fingerprint density at radius 2 is 2.16 bits per heavy atom. The summed E-state index contributed by atoms with van der Waals surface area (Å²) in [5.41, 5.74) is 1.61. The summed E-state index contributed by atoms with van der Waals surface area (Å²) in [5.74, 6) is 0.876. The van der Waals surface area contributed by atoms with Gasteiger partial charge in [0.15, 0.2) is 0 Å². The molecule has 19 heavy (non-hydrogen) atoms. The van der Waals surface area contributed by atoms with Crippen molar-refractivity contribution in [1.82, 2.24) is 5.32 Å². The lowest BCUT2D eigenvalue weighted by molar-refractivity contribution is -0.120. The van der Waals surface area contributed by atoms with E-state index in [2.05, 4.69) is 11.4 Å². The van der Waals surface area contributed by atoms with Gasteiger partial charge in [0.2, 0.25) is 5.91 Å². The molecule has 1 aromatic rings. The zero-order valence-electron chi connectivity index (χ0n) is 12.1. The monoisotopic (exact) mass is 262 g/mol. The summed E-state index contributed by atoms with van der Waals surface area (Å²) in [5, 5.41) is 3.13. The number of ether oxygens (including phenoxy) is 1. The lowest BCUT2D eigenvalue weighted by Gasteiger charge is -2.23. The summed E-state index contributed by atoms with van der Waals surface area (Å²) >= 11 is 0. The minimum Gasteiger partial charge on any atom is -0.485 e. The van der Waals surface area contributed by atoms with Crippen LogP contribution >= 0.6 is 0 Å². The molecule has 4 heteroatoms. The Balaban J connectivity index is 2.36. The Morgan fingerprint density at radius 3 is 2.84 bits per heavy atom. The van der Waals surface area contributed by atoms with Gasteiger partial charge in [-0.2, -0.15) is 0 Å². The molecule has 2 rings (SSSR count). The summed E-state index contributed by atoms with van der Waals surface area (Å²) in [4.78, 5) is 13.9. The number of nitrogens with one attached hydrogen (secondary N) is 1. The fraction of sp³-hybridized carbons (Fsp3) is 0.533. The minimum absolute atomic E-state index is 0.0921. The molecule has 1 heterocycles. The van der Waals surface area contributed by atoms with E-state index in [0.29, 0.717) is 6.42 Å². The summed E-state index contributed by atoms with van der Waals surface area (Å²) in [7, 11) is 3.75. The minimum atomic E-state index is -0.455. The molecular formula is C15H22N2O2. The van der Waals surface area contributed by atoms with Gasteiger partial charge in [0.25, 0.3) is 0 Å². The van der Waals surface area contributed by atoms with Crippen molar-refractivity contribution in [3.8, 4) is 5.75 Å². The van der Waals surface area contributed by atoms with Crippen LogP contribution in [0.2, 0.25) is 0 Å². The van der Waals surface area contributed by atoms with E-state index < -0.39 is 5.60 Å². The molecule has 0 spiro atoms. The van der Waals surface area contributed by atoms with E-state index in [1.54, 1.807) is 4.90 Å². The highest BCUT2D eigenvalue weighted by molar-refractivity contribution is 5.95. The van der Waals surface area contributed by atoms with Crippen molar-refractivity contribution >= 4 is 11.6 Å². The molecule has 0 radical (unpaired) electrons. The van der Waals surface area contributed by atoms with E-state index in [1.165, 1.54) is 5.56 Å². The third kappa shape index (κ3) is 3.07. The first-order valence-corrected chi connectivity index (χ1v) is 6.66. The van der Waals surface area contributed by atoms with E-state index in [4.69, 9.17) is 4.74 Å². The number of carbonyl (C=O) groups excluding carboxylic acids is 1. The Hall–Kier alpha value is -1.55. The molecule has 1 aliphatic heterocycles. The molecule has 1 N–H and O–H groups in total. The molecule has 0 unspecified atom stereocenters. The maximum Gasteiger partial charge on any atom is 0.230 e. The summed E-state index contributed by atoms with van der Waals surface area (Å²) in [6, 6.07) is 6.08. The second kappa shape index (κ2) is 5.21. The zero-order chi connectivity index (χ0) is 14.0. The molecular weight excluding hydrogens is 240 g/mol. The van der Waals surface area contributed by atoms with Crippen molar-refractivity contribution in [2.45, 2.75) is 32.3 Å². The van der Waals surface area contributed by atoms with Crippen molar-refractivity contribution in [2.24, 2.45) is 0 Å². The van der Waals surface area contributed by atoms with Crippen LogP contribution in [0.4, 0.5) is 5.69 Å². The van der Waals surface area contributed by atoms with Gasteiger partial charge in [0, 0.05) is 7.05 Å². The standard InChI is InChI=1S/C15H22N2O2/c1-15(2)10-14(18)17(4)12-9-11(7-8-16-3)5-6-13(12)19-15/h5-6,9,16H,7-8,10H2,1-4H3. The van der Waals surface area contributed by atoms with Crippen molar-refractivity contribution in [2.75, 3.05) is 25.5 Å². The van der Waals surface area contributed by atoms with E-state index in [0.717, 1.165) is 24.4 Å². The number of hydrogen-bond acceptors (Lipinski definition) is 3. The van der Waals surface area contributed by atoms with Gasteiger partial charge in [-0.3, -0.25) is 4.79 Å². The summed E-state index contributed by atoms with van der Waals surface area (Å²) in [6.45, 7) is 4.81. The van der Waals surface area contributed by atoms with Crippen LogP contribution in [0, 0.1) is 0 Å². The molecule has 1 aromatic carbocycles. The van der Waals surface area contributed by atoms with Gasteiger partial charge >= 0.3 is 0 Å². The molecule has 4 nitrogen and oxygen atoms in total.